The Bertz CT molecular complexity index is 914. The van der Waals surface area contributed by atoms with Crippen LogP contribution in [0.1, 0.15) is 16.1 Å². The zero-order chi connectivity index (χ0) is 17.5. The van der Waals surface area contributed by atoms with E-state index >= 15 is 0 Å². The van der Waals surface area contributed by atoms with Gasteiger partial charge >= 0.3 is 6.18 Å². The lowest BCUT2D eigenvalue weighted by Gasteiger charge is -2.12. The van der Waals surface area contributed by atoms with Gasteiger partial charge in [-0.25, -0.2) is 0 Å². The Kier molecular flexibility index (Phi) is 4.01. The van der Waals surface area contributed by atoms with Gasteiger partial charge in [0.2, 0.25) is 5.91 Å². The van der Waals surface area contributed by atoms with Gasteiger partial charge in [0.1, 0.15) is 5.69 Å². The van der Waals surface area contributed by atoms with E-state index in [-0.39, 0.29) is 17.3 Å². The topological polar surface area (TPSA) is 48.0 Å². The lowest BCUT2D eigenvalue weighted by molar-refractivity contribution is -0.142. The van der Waals surface area contributed by atoms with Crippen LogP contribution in [0.15, 0.2) is 48.5 Å². The van der Waals surface area contributed by atoms with Gasteiger partial charge in [-0.2, -0.15) is 13.2 Å². The molecule has 3 aromatic rings. The van der Waals surface area contributed by atoms with Gasteiger partial charge in [0.25, 0.3) is 0 Å². The maximum Gasteiger partial charge on any atom is 0.431 e. The molecule has 1 aromatic heterocycles. The van der Waals surface area contributed by atoms with Gasteiger partial charge in [-0.05, 0) is 42.0 Å². The van der Waals surface area contributed by atoms with Crippen LogP contribution in [0.25, 0.3) is 10.9 Å². The minimum Gasteiger partial charge on any atom is -0.399 e. The summed E-state index contributed by atoms with van der Waals surface area (Å²) in [7, 11) is 0. The second-order valence-corrected chi connectivity index (χ2v) is 5.81. The highest BCUT2D eigenvalue weighted by Gasteiger charge is 2.37. The summed E-state index contributed by atoms with van der Waals surface area (Å²) in [4.78, 5) is 12.5. The predicted molar refractivity (Wildman–Crippen MR) is 87.1 cm³/mol. The number of benzene rings is 2. The van der Waals surface area contributed by atoms with Crippen molar-refractivity contribution in [3.05, 3.63) is 64.8 Å². The molecule has 0 aliphatic rings. The Morgan fingerprint density at radius 2 is 1.75 bits per heavy atom. The molecule has 3 rings (SSSR count). The lowest BCUT2D eigenvalue weighted by Crippen LogP contribution is -2.21. The van der Waals surface area contributed by atoms with E-state index in [1.807, 2.05) is 0 Å². The Hall–Kier alpha value is -2.47. The smallest absolute Gasteiger partial charge is 0.399 e. The zero-order valence-corrected chi connectivity index (χ0v) is 13.0. The van der Waals surface area contributed by atoms with Crippen LogP contribution in [-0.2, 0) is 12.6 Å². The van der Waals surface area contributed by atoms with Crippen molar-refractivity contribution in [1.29, 1.82) is 0 Å². The average Bonchev–Trinajstić information content (AvgIpc) is 2.88. The third kappa shape index (κ3) is 3.10. The number of carbonyl (C=O) groups is 1. The molecule has 0 saturated heterocycles. The number of halogens is 4. The van der Waals surface area contributed by atoms with Crippen molar-refractivity contribution in [3.8, 4) is 0 Å². The van der Waals surface area contributed by atoms with E-state index in [1.165, 1.54) is 18.2 Å². The molecule has 0 fully saturated rings. The third-order valence-corrected chi connectivity index (χ3v) is 3.89. The minimum absolute atomic E-state index is 0.172. The molecule has 0 bridgehead atoms. The first kappa shape index (κ1) is 16.4. The number of fused-ring (bicyclic) bond motifs is 1. The monoisotopic (exact) mass is 352 g/mol. The van der Waals surface area contributed by atoms with E-state index in [4.69, 9.17) is 17.3 Å². The highest BCUT2D eigenvalue weighted by molar-refractivity contribution is 6.30. The summed E-state index contributed by atoms with van der Waals surface area (Å²) in [6.07, 6.45) is -4.82. The van der Waals surface area contributed by atoms with Gasteiger partial charge in [0, 0.05) is 16.1 Å². The van der Waals surface area contributed by atoms with Crippen molar-refractivity contribution in [2.75, 3.05) is 5.73 Å². The molecule has 0 unspecified atom stereocenters. The first-order chi connectivity index (χ1) is 11.3. The molecule has 2 N–H and O–H groups in total. The molecule has 1 heterocycles. The van der Waals surface area contributed by atoms with Crippen LogP contribution >= 0.6 is 11.6 Å². The molecule has 0 amide bonds. The predicted octanol–water partition coefficient (Wildman–Crippen LogP) is 4.78. The van der Waals surface area contributed by atoms with Gasteiger partial charge < -0.3 is 5.73 Å². The molecule has 7 heteroatoms. The number of aromatic nitrogens is 1. The first-order valence-electron chi connectivity index (χ1n) is 7.01. The van der Waals surface area contributed by atoms with E-state index in [0.717, 1.165) is 6.07 Å². The molecule has 0 radical (unpaired) electrons. The molecule has 0 saturated carbocycles. The number of rotatable bonds is 2. The largest absolute Gasteiger partial charge is 0.431 e. The van der Waals surface area contributed by atoms with E-state index in [2.05, 4.69) is 0 Å². The minimum atomic E-state index is -4.65. The van der Waals surface area contributed by atoms with Crippen LogP contribution in [0.4, 0.5) is 18.9 Å². The van der Waals surface area contributed by atoms with Crippen molar-refractivity contribution in [1.82, 2.24) is 4.57 Å². The highest BCUT2D eigenvalue weighted by Crippen LogP contribution is 2.34. The number of hydrogen-bond donors (Lipinski definition) is 1. The molecule has 124 valence electrons. The van der Waals surface area contributed by atoms with Gasteiger partial charge in [0.15, 0.2) is 0 Å². The van der Waals surface area contributed by atoms with Crippen LogP contribution in [-0.4, -0.2) is 10.5 Å². The molecule has 3 nitrogen and oxygen atoms in total. The van der Waals surface area contributed by atoms with E-state index in [0.29, 0.717) is 20.8 Å². The Labute approximate surface area is 140 Å². The van der Waals surface area contributed by atoms with Crippen molar-refractivity contribution in [2.24, 2.45) is 0 Å². The van der Waals surface area contributed by atoms with E-state index < -0.39 is 17.8 Å². The van der Waals surface area contributed by atoms with Crippen LogP contribution in [0.5, 0.6) is 0 Å². The van der Waals surface area contributed by atoms with Gasteiger partial charge in [-0.1, -0.05) is 23.7 Å². The average molecular weight is 353 g/mol. The molecule has 0 aliphatic carbocycles. The number of alkyl halides is 3. The molecule has 24 heavy (non-hydrogen) atoms. The van der Waals surface area contributed by atoms with Crippen molar-refractivity contribution in [2.45, 2.75) is 12.6 Å². The summed E-state index contributed by atoms with van der Waals surface area (Å²) in [6.45, 7) is 0. The Balaban J connectivity index is 2.09. The lowest BCUT2D eigenvalue weighted by atomic mass is 10.1. The van der Waals surface area contributed by atoms with Crippen molar-refractivity contribution in [3.63, 3.8) is 0 Å². The summed E-state index contributed by atoms with van der Waals surface area (Å²) in [6, 6.07) is 11.6. The second-order valence-electron chi connectivity index (χ2n) is 5.38. The van der Waals surface area contributed by atoms with Gasteiger partial charge in [-0.3, -0.25) is 9.36 Å². The fourth-order valence-corrected chi connectivity index (χ4v) is 2.69. The number of anilines is 1. The van der Waals surface area contributed by atoms with Crippen LogP contribution in [0, 0.1) is 0 Å². The van der Waals surface area contributed by atoms with Gasteiger partial charge in [0.05, 0.1) is 11.9 Å². The number of nitrogens with zero attached hydrogens (tertiary/aromatic N) is 1. The molecule has 0 aliphatic heterocycles. The van der Waals surface area contributed by atoms with Crippen LogP contribution < -0.4 is 5.73 Å². The van der Waals surface area contributed by atoms with Crippen LogP contribution in [0.2, 0.25) is 5.02 Å². The van der Waals surface area contributed by atoms with E-state index in [1.54, 1.807) is 24.3 Å². The fourth-order valence-electron chi connectivity index (χ4n) is 2.57. The summed E-state index contributed by atoms with van der Waals surface area (Å²) in [5.74, 6) is -0.676. The summed E-state index contributed by atoms with van der Waals surface area (Å²) < 4.78 is 40.7. The molecule has 0 atom stereocenters. The molecule has 2 aromatic carbocycles. The van der Waals surface area contributed by atoms with E-state index in [9.17, 15) is 18.0 Å². The quantitative estimate of drug-likeness (QED) is 0.675. The maximum atomic E-state index is 13.3. The van der Waals surface area contributed by atoms with Crippen molar-refractivity contribution >= 4 is 34.1 Å². The van der Waals surface area contributed by atoms with Crippen molar-refractivity contribution < 1.29 is 18.0 Å². The number of nitrogens with two attached hydrogens (primary N) is 1. The summed E-state index contributed by atoms with van der Waals surface area (Å²) in [5.41, 5.74) is 5.69. The number of hydrogen-bond acceptors (Lipinski definition) is 2. The Morgan fingerprint density at radius 1 is 1.08 bits per heavy atom. The molecular formula is C17H12ClF3N2O. The SMILES string of the molecule is Nc1ccc2c(c1)cc(C(F)(F)F)n2C(=O)Cc1ccc(Cl)cc1. The maximum absolute atomic E-state index is 13.3. The first-order valence-corrected chi connectivity index (χ1v) is 7.39. The summed E-state index contributed by atoms with van der Waals surface area (Å²) in [5, 5.41) is 0.760. The standard InChI is InChI=1S/C17H12ClF3N2O/c18-12-3-1-10(2-4-12)7-16(24)23-14-6-5-13(22)8-11(14)9-15(23)17(19,20)21/h1-6,8-9H,7,22H2. The summed E-state index contributed by atoms with van der Waals surface area (Å²) >= 11 is 5.78. The highest BCUT2D eigenvalue weighted by atomic mass is 35.5. The number of carbonyl (C=O) groups excluding carboxylic acids is 1. The number of nitrogen functional groups attached to an aromatic ring is 1. The normalized spacial score (nSPS) is 11.8. The Morgan fingerprint density at radius 3 is 2.38 bits per heavy atom. The van der Waals surface area contributed by atoms with Gasteiger partial charge in [-0.15, -0.1) is 0 Å². The third-order valence-electron chi connectivity index (χ3n) is 3.63. The van der Waals surface area contributed by atoms with Crippen LogP contribution in [0.3, 0.4) is 0 Å². The molecular weight excluding hydrogens is 341 g/mol. The fraction of sp³-hybridized carbons (Fsp3) is 0.118. The zero-order valence-electron chi connectivity index (χ0n) is 12.3. The molecule has 0 spiro atoms. The second kappa shape index (κ2) is 5.87.